The molecular formula is C14H18FN5S. The van der Waals surface area contributed by atoms with Gasteiger partial charge in [0, 0.05) is 18.3 Å². The molecule has 1 N–H and O–H groups in total. The summed E-state index contributed by atoms with van der Waals surface area (Å²) >= 11 is 1.54. The number of tetrazole rings is 1. The van der Waals surface area contributed by atoms with E-state index in [1.807, 2.05) is 6.92 Å². The first-order valence-electron chi connectivity index (χ1n) is 7.10. The monoisotopic (exact) mass is 307 g/mol. The molecule has 0 amide bonds. The van der Waals surface area contributed by atoms with E-state index in [2.05, 4.69) is 20.8 Å². The summed E-state index contributed by atoms with van der Waals surface area (Å²) in [6.07, 6.45) is 2.55. The Morgan fingerprint density at radius 2 is 2.29 bits per heavy atom. The van der Waals surface area contributed by atoms with E-state index < -0.39 is 0 Å². The number of aryl methyl sites for hydroxylation is 1. The molecule has 1 saturated carbocycles. The minimum absolute atomic E-state index is 0.204. The predicted octanol–water partition coefficient (Wildman–Crippen LogP) is 2.16. The van der Waals surface area contributed by atoms with E-state index in [-0.39, 0.29) is 5.82 Å². The minimum atomic E-state index is -0.204. The Balaban J connectivity index is 1.57. The summed E-state index contributed by atoms with van der Waals surface area (Å²) in [4.78, 5) is 0. The van der Waals surface area contributed by atoms with Gasteiger partial charge in [-0.3, -0.25) is 0 Å². The summed E-state index contributed by atoms with van der Waals surface area (Å²) < 4.78 is 15.1. The van der Waals surface area contributed by atoms with Gasteiger partial charge < -0.3 is 5.32 Å². The van der Waals surface area contributed by atoms with Crippen molar-refractivity contribution in [2.24, 2.45) is 0 Å². The molecule has 1 aliphatic rings. The third-order valence-electron chi connectivity index (χ3n) is 3.50. The number of rotatable bonds is 7. The molecule has 3 rings (SSSR count). The van der Waals surface area contributed by atoms with Crippen LogP contribution in [0.25, 0.3) is 0 Å². The first-order chi connectivity index (χ1) is 10.2. The average Bonchev–Trinajstić information content (AvgIpc) is 3.18. The van der Waals surface area contributed by atoms with E-state index in [1.54, 1.807) is 16.8 Å². The topological polar surface area (TPSA) is 55.6 Å². The largest absolute Gasteiger partial charge is 0.312 e. The third kappa shape index (κ3) is 4.01. The zero-order valence-corrected chi connectivity index (χ0v) is 12.7. The van der Waals surface area contributed by atoms with Crippen LogP contribution in [0.2, 0.25) is 0 Å². The van der Waals surface area contributed by atoms with Gasteiger partial charge in [-0.05, 0) is 53.5 Å². The summed E-state index contributed by atoms with van der Waals surface area (Å²) in [5.41, 5.74) is 2.06. The van der Waals surface area contributed by atoms with Gasteiger partial charge >= 0.3 is 0 Å². The van der Waals surface area contributed by atoms with Crippen molar-refractivity contribution in [3.05, 3.63) is 35.1 Å². The van der Waals surface area contributed by atoms with Crippen LogP contribution < -0.4 is 5.32 Å². The maximum absolute atomic E-state index is 13.3. The van der Waals surface area contributed by atoms with E-state index in [0.29, 0.717) is 11.8 Å². The lowest BCUT2D eigenvalue weighted by molar-refractivity contribution is 0.509. The van der Waals surface area contributed by atoms with Crippen molar-refractivity contribution < 1.29 is 4.39 Å². The van der Waals surface area contributed by atoms with Crippen LogP contribution in [0.3, 0.4) is 0 Å². The van der Waals surface area contributed by atoms with E-state index in [1.165, 1.54) is 30.7 Å². The molecule has 0 atom stereocenters. The first-order valence-corrected chi connectivity index (χ1v) is 8.08. The fourth-order valence-corrected chi connectivity index (χ4v) is 3.01. The summed E-state index contributed by atoms with van der Waals surface area (Å²) in [6, 6.07) is 5.54. The lowest BCUT2D eigenvalue weighted by Crippen LogP contribution is -2.22. The van der Waals surface area contributed by atoms with Crippen molar-refractivity contribution in [2.75, 3.05) is 6.54 Å². The number of hydrogen-bond acceptors (Lipinski definition) is 5. The summed E-state index contributed by atoms with van der Waals surface area (Å²) in [7, 11) is 0. The van der Waals surface area contributed by atoms with E-state index >= 15 is 0 Å². The van der Waals surface area contributed by atoms with Crippen LogP contribution in [0.15, 0.2) is 23.4 Å². The van der Waals surface area contributed by atoms with Crippen LogP contribution in [-0.2, 0) is 12.3 Å². The standard InChI is InChI=1S/C14H18FN5S/c1-10-2-3-12(15)8-11(10)9-21-14-17-18-19-20(14)7-6-16-13-4-5-13/h2-3,8,13,16H,4-7,9H2,1H3. The fraction of sp³-hybridized carbons (Fsp3) is 0.500. The molecule has 0 bridgehead atoms. The maximum Gasteiger partial charge on any atom is 0.209 e. The van der Waals surface area contributed by atoms with Crippen LogP contribution in [-0.4, -0.2) is 32.8 Å². The molecule has 112 valence electrons. The molecule has 0 radical (unpaired) electrons. The number of thioether (sulfide) groups is 1. The van der Waals surface area contributed by atoms with Gasteiger partial charge in [-0.15, -0.1) is 5.10 Å². The van der Waals surface area contributed by atoms with Crippen LogP contribution in [0.5, 0.6) is 0 Å². The van der Waals surface area contributed by atoms with Crippen LogP contribution in [0.4, 0.5) is 4.39 Å². The summed E-state index contributed by atoms with van der Waals surface area (Å²) in [5, 5.41) is 16.0. The molecule has 5 nitrogen and oxygen atoms in total. The van der Waals surface area contributed by atoms with Gasteiger partial charge in [0.25, 0.3) is 0 Å². The molecule has 0 spiro atoms. The van der Waals surface area contributed by atoms with Gasteiger partial charge in [0.2, 0.25) is 5.16 Å². The lowest BCUT2D eigenvalue weighted by atomic mass is 10.1. The molecule has 1 aromatic carbocycles. The molecule has 0 unspecified atom stereocenters. The lowest BCUT2D eigenvalue weighted by Gasteiger charge is -2.07. The molecule has 1 fully saturated rings. The van der Waals surface area contributed by atoms with E-state index in [4.69, 9.17) is 0 Å². The van der Waals surface area contributed by atoms with Crippen LogP contribution in [0.1, 0.15) is 24.0 Å². The van der Waals surface area contributed by atoms with Crippen molar-refractivity contribution in [3.63, 3.8) is 0 Å². The maximum atomic E-state index is 13.3. The molecule has 21 heavy (non-hydrogen) atoms. The average molecular weight is 307 g/mol. The van der Waals surface area contributed by atoms with Gasteiger partial charge in [0.05, 0.1) is 6.54 Å². The molecule has 7 heteroatoms. The van der Waals surface area contributed by atoms with E-state index in [0.717, 1.165) is 29.4 Å². The SMILES string of the molecule is Cc1ccc(F)cc1CSc1nnnn1CCNC1CC1. The molecule has 1 aromatic heterocycles. The second-order valence-electron chi connectivity index (χ2n) is 5.27. The Morgan fingerprint density at radius 1 is 1.43 bits per heavy atom. The first kappa shape index (κ1) is 14.5. The summed E-state index contributed by atoms with van der Waals surface area (Å²) in [5.74, 6) is 0.462. The smallest absolute Gasteiger partial charge is 0.209 e. The highest BCUT2D eigenvalue weighted by atomic mass is 32.2. The highest BCUT2D eigenvalue weighted by Gasteiger charge is 2.20. The number of aromatic nitrogens is 4. The number of hydrogen-bond donors (Lipinski definition) is 1. The Labute approximate surface area is 127 Å². The predicted molar refractivity (Wildman–Crippen MR) is 79.5 cm³/mol. The number of benzene rings is 1. The van der Waals surface area contributed by atoms with E-state index in [9.17, 15) is 4.39 Å². The van der Waals surface area contributed by atoms with Gasteiger partial charge in [-0.1, -0.05) is 17.8 Å². The van der Waals surface area contributed by atoms with Crippen molar-refractivity contribution in [1.29, 1.82) is 0 Å². The third-order valence-corrected chi connectivity index (χ3v) is 4.51. The number of nitrogens with one attached hydrogen (secondary N) is 1. The highest BCUT2D eigenvalue weighted by Crippen LogP contribution is 2.23. The number of halogens is 1. The van der Waals surface area contributed by atoms with Crippen molar-refractivity contribution >= 4 is 11.8 Å². The minimum Gasteiger partial charge on any atom is -0.312 e. The van der Waals surface area contributed by atoms with Crippen LogP contribution >= 0.6 is 11.8 Å². The molecule has 0 saturated heterocycles. The molecule has 2 aromatic rings. The van der Waals surface area contributed by atoms with Gasteiger partial charge in [0.1, 0.15) is 5.82 Å². The Bertz CT molecular complexity index is 611. The Morgan fingerprint density at radius 3 is 3.10 bits per heavy atom. The van der Waals surface area contributed by atoms with Gasteiger partial charge in [-0.25, -0.2) is 9.07 Å². The fourth-order valence-electron chi connectivity index (χ4n) is 2.04. The van der Waals surface area contributed by atoms with Gasteiger partial charge in [-0.2, -0.15) is 0 Å². The second-order valence-corrected chi connectivity index (χ2v) is 6.21. The molecule has 1 heterocycles. The normalized spacial score (nSPS) is 14.6. The van der Waals surface area contributed by atoms with Crippen LogP contribution in [0, 0.1) is 12.7 Å². The Hall–Kier alpha value is -1.47. The Kier molecular flexibility index (Phi) is 4.50. The zero-order valence-electron chi connectivity index (χ0n) is 11.9. The number of nitrogens with zero attached hydrogens (tertiary/aromatic N) is 4. The second kappa shape index (κ2) is 6.53. The molecular weight excluding hydrogens is 289 g/mol. The quantitative estimate of drug-likeness (QED) is 0.795. The summed E-state index contributed by atoms with van der Waals surface area (Å²) in [6.45, 7) is 3.62. The molecule has 0 aliphatic heterocycles. The zero-order chi connectivity index (χ0) is 14.7. The van der Waals surface area contributed by atoms with Crippen molar-refractivity contribution in [1.82, 2.24) is 25.5 Å². The van der Waals surface area contributed by atoms with Gasteiger partial charge in [0.15, 0.2) is 0 Å². The highest BCUT2D eigenvalue weighted by molar-refractivity contribution is 7.98. The van der Waals surface area contributed by atoms with Crippen molar-refractivity contribution in [3.8, 4) is 0 Å². The van der Waals surface area contributed by atoms with Crippen molar-refractivity contribution in [2.45, 2.75) is 43.3 Å². The molecule has 1 aliphatic carbocycles.